The van der Waals surface area contributed by atoms with Crippen molar-refractivity contribution in [1.82, 2.24) is 0 Å². The van der Waals surface area contributed by atoms with E-state index in [2.05, 4.69) is 0 Å². The summed E-state index contributed by atoms with van der Waals surface area (Å²) in [6.07, 6.45) is 0. The first-order valence-electron chi connectivity index (χ1n) is 7.79. The lowest BCUT2D eigenvalue weighted by Crippen LogP contribution is -2.31. The molecule has 2 amide bonds. The summed E-state index contributed by atoms with van der Waals surface area (Å²) in [5.74, 6) is -1.66. The van der Waals surface area contributed by atoms with Gasteiger partial charge in [-0.3, -0.25) is 14.4 Å². The van der Waals surface area contributed by atoms with E-state index in [0.717, 1.165) is 4.90 Å². The predicted octanol–water partition coefficient (Wildman–Crippen LogP) is 3.08. The third kappa shape index (κ3) is 2.66. The molecule has 0 radical (unpaired) electrons. The molecular formula is C20H14N2O4. The molecule has 26 heavy (non-hydrogen) atoms. The zero-order valence-electron chi connectivity index (χ0n) is 14.1. The molecule has 2 aromatic rings. The molecule has 128 valence electrons. The van der Waals surface area contributed by atoms with E-state index in [1.165, 1.54) is 56.3 Å². The molecule has 0 aromatic heterocycles. The average Bonchev–Trinajstić information content (AvgIpc) is 2.92. The van der Waals surface area contributed by atoms with Crippen molar-refractivity contribution in [3.8, 4) is 6.07 Å². The fraction of sp³-hybridized carbons (Fsp3) is 0.100. The summed E-state index contributed by atoms with van der Waals surface area (Å²) in [6, 6.07) is 12.6. The summed E-state index contributed by atoms with van der Waals surface area (Å²) in [5.41, 5.74) is 1.70. The highest BCUT2D eigenvalue weighted by Gasteiger charge is 2.38. The van der Waals surface area contributed by atoms with Crippen molar-refractivity contribution >= 4 is 34.6 Å². The second-order valence-corrected chi connectivity index (χ2v) is 5.86. The maximum Gasteiger partial charge on any atom is 0.269 e. The molecule has 0 saturated carbocycles. The summed E-state index contributed by atoms with van der Waals surface area (Å²) in [7, 11) is 0. The highest BCUT2D eigenvalue weighted by atomic mass is 16.3. The van der Waals surface area contributed by atoms with E-state index in [9.17, 15) is 19.5 Å². The van der Waals surface area contributed by atoms with Crippen LogP contribution in [0, 0.1) is 11.3 Å². The largest absolute Gasteiger partial charge is 0.506 e. The van der Waals surface area contributed by atoms with Crippen LogP contribution in [0.2, 0.25) is 0 Å². The van der Waals surface area contributed by atoms with Crippen LogP contribution in [0.25, 0.3) is 11.3 Å². The Bertz CT molecular complexity index is 1030. The van der Waals surface area contributed by atoms with Crippen molar-refractivity contribution in [1.29, 1.82) is 5.26 Å². The van der Waals surface area contributed by atoms with Crippen molar-refractivity contribution in [2.75, 3.05) is 4.90 Å². The fourth-order valence-electron chi connectivity index (χ4n) is 2.88. The molecule has 0 aliphatic carbocycles. The minimum absolute atomic E-state index is 0.0528. The second-order valence-electron chi connectivity index (χ2n) is 5.86. The average molecular weight is 346 g/mol. The number of hydrogen-bond donors (Lipinski definition) is 1. The van der Waals surface area contributed by atoms with Crippen LogP contribution in [0.3, 0.4) is 0 Å². The predicted molar refractivity (Wildman–Crippen MR) is 95.2 cm³/mol. The second kappa shape index (κ2) is 6.30. The summed E-state index contributed by atoms with van der Waals surface area (Å²) in [6.45, 7) is 2.65. The van der Waals surface area contributed by atoms with Crippen molar-refractivity contribution in [3.05, 3.63) is 64.7 Å². The Balaban J connectivity index is 2.25. The van der Waals surface area contributed by atoms with E-state index < -0.39 is 11.8 Å². The zero-order chi connectivity index (χ0) is 19.0. The van der Waals surface area contributed by atoms with E-state index in [0.29, 0.717) is 27.9 Å². The van der Waals surface area contributed by atoms with E-state index in [4.69, 9.17) is 5.26 Å². The van der Waals surface area contributed by atoms with Crippen molar-refractivity contribution in [3.63, 3.8) is 0 Å². The zero-order valence-corrected chi connectivity index (χ0v) is 14.1. The van der Waals surface area contributed by atoms with Crippen LogP contribution in [0.15, 0.2) is 42.5 Å². The van der Waals surface area contributed by atoms with Crippen LogP contribution in [0.4, 0.5) is 5.69 Å². The highest BCUT2D eigenvalue weighted by Crippen LogP contribution is 2.40. The lowest BCUT2D eigenvalue weighted by molar-refractivity contribution is -0.122. The number of imide groups is 1. The van der Waals surface area contributed by atoms with Gasteiger partial charge in [0.25, 0.3) is 5.91 Å². The van der Waals surface area contributed by atoms with Gasteiger partial charge < -0.3 is 5.11 Å². The number of nitriles is 1. The molecule has 1 aliphatic rings. The van der Waals surface area contributed by atoms with Gasteiger partial charge in [-0.1, -0.05) is 0 Å². The lowest BCUT2D eigenvalue weighted by Gasteiger charge is -2.12. The number of fused-ring (bicyclic) bond motifs is 1. The first-order valence-corrected chi connectivity index (χ1v) is 7.79. The van der Waals surface area contributed by atoms with Crippen molar-refractivity contribution < 1.29 is 19.5 Å². The van der Waals surface area contributed by atoms with Crippen LogP contribution in [-0.4, -0.2) is 22.7 Å². The molecule has 3 rings (SSSR count). The first kappa shape index (κ1) is 17.1. The lowest BCUT2D eigenvalue weighted by atomic mass is 9.99. The third-order valence-corrected chi connectivity index (χ3v) is 4.17. The molecule has 1 N–H and O–H groups in total. The molecule has 0 saturated heterocycles. The summed E-state index contributed by atoms with van der Waals surface area (Å²) in [5, 5.41) is 19.6. The molecule has 0 unspecified atom stereocenters. The molecule has 1 heterocycles. The number of amides is 2. The quantitative estimate of drug-likeness (QED) is 0.512. The number of carbonyl (C=O) groups excluding carboxylic acids is 3. The molecule has 0 bridgehead atoms. The van der Waals surface area contributed by atoms with Gasteiger partial charge in [-0.2, -0.15) is 5.26 Å². The molecule has 0 atom stereocenters. The van der Waals surface area contributed by atoms with Crippen LogP contribution in [0.5, 0.6) is 0 Å². The molecule has 1 aliphatic heterocycles. The molecule has 6 heteroatoms. The SMILES string of the molecule is CC(=O)c1ccc2c(c1)/C(=C(/O)c1ccc(C#N)cc1)C(=O)N2C(C)=O. The number of benzene rings is 2. The Hall–Kier alpha value is -3.72. The molecule has 2 aromatic carbocycles. The Morgan fingerprint density at radius 2 is 1.65 bits per heavy atom. The van der Waals surface area contributed by atoms with Gasteiger partial charge >= 0.3 is 0 Å². The van der Waals surface area contributed by atoms with E-state index >= 15 is 0 Å². The number of hydrogen-bond acceptors (Lipinski definition) is 5. The summed E-state index contributed by atoms with van der Waals surface area (Å²) >= 11 is 0. The van der Waals surface area contributed by atoms with Crippen LogP contribution in [0.1, 0.15) is 40.9 Å². The fourth-order valence-corrected chi connectivity index (χ4v) is 2.88. The van der Waals surface area contributed by atoms with Gasteiger partial charge in [0, 0.05) is 23.6 Å². The number of aliphatic hydroxyl groups is 1. The molecule has 6 nitrogen and oxygen atoms in total. The topological polar surface area (TPSA) is 98.5 Å². The number of aliphatic hydroxyl groups excluding tert-OH is 1. The minimum atomic E-state index is -0.657. The number of rotatable bonds is 2. The van der Waals surface area contributed by atoms with Crippen molar-refractivity contribution in [2.24, 2.45) is 0 Å². The van der Waals surface area contributed by atoms with E-state index in [1.54, 1.807) is 0 Å². The Morgan fingerprint density at radius 3 is 2.19 bits per heavy atom. The number of anilines is 1. The maximum atomic E-state index is 12.8. The smallest absolute Gasteiger partial charge is 0.269 e. The van der Waals surface area contributed by atoms with Gasteiger partial charge in [0.2, 0.25) is 5.91 Å². The van der Waals surface area contributed by atoms with E-state index in [-0.39, 0.29) is 17.1 Å². The van der Waals surface area contributed by atoms with Gasteiger partial charge in [-0.15, -0.1) is 0 Å². The van der Waals surface area contributed by atoms with Gasteiger partial charge in [-0.25, -0.2) is 4.90 Å². The first-order chi connectivity index (χ1) is 12.3. The van der Waals surface area contributed by atoms with Gasteiger partial charge in [0.1, 0.15) is 5.76 Å². The maximum absolute atomic E-state index is 12.8. The standard InChI is InChI=1S/C20H14N2O4/c1-11(23)15-7-8-17-16(9-15)18(20(26)22(17)12(2)24)19(25)14-5-3-13(10-21)4-6-14/h3-9,25H,1-2H3/b19-18-. The monoisotopic (exact) mass is 346 g/mol. The van der Waals surface area contributed by atoms with Crippen molar-refractivity contribution in [2.45, 2.75) is 13.8 Å². The van der Waals surface area contributed by atoms with Gasteiger partial charge in [0.15, 0.2) is 5.78 Å². The van der Waals surface area contributed by atoms with E-state index in [1.807, 2.05) is 6.07 Å². The Labute approximate surface area is 149 Å². The number of Topliss-reactive ketones (excluding diaryl/α,β-unsaturated/α-hetero) is 1. The number of carbonyl (C=O) groups is 3. The molecule has 0 spiro atoms. The minimum Gasteiger partial charge on any atom is -0.506 e. The summed E-state index contributed by atoms with van der Waals surface area (Å²) < 4.78 is 0. The van der Waals surface area contributed by atoms with Gasteiger partial charge in [-0.05, 0) is 49.4 Å². The highest BCUT2D eigenvalue weighted by molar-refractivity contribution is 6.42. The normalized spacial score (nSPS) is 14.7. The summed E-state index contributed by atoms with van der Waals surface area (Å²) in [4.78, 5) is 37.3. The van der Waals surface area contributed by atoms with Crippen LogP contribution in [-0.2, 0) is 9.59 Å². The van der Waals surface area contributed by atoms with Crippen LogP contribution < -0.4 is 4.90 Å². The van der Waals surface area contributed by atoms with Crippen LogP contribution >= 0.6 is 0 Å². The third-order valence-electron chi connectivity index (χ3n) is 4.17. The number of ketones is 1. The Kier molecular flexibility index (Phi) is 4.15. The van der Waals surface area contributed by atoms with Gasteiger partial charge in [0.05, 0.1) is 22.9 Å². The molecule has 0 fully saturated rings. The molecular weight excluding hydrogens is 332 g/mol. The number of nitrogens with zero attached hydrogens (tertiary/aromatic N) is 2. The Morgan fingerprint density at radius 1 is 1.04 bits per heavy atom.